The predicted octanol–water partition coefficient (Wildman–Crippen LogP) is 1.13. The Morgan fingerprint density at radius 1 is 1.25 bits per heavy atom. The van der Waals surface area contributed by atoms with Crippen LogP contribution in [0.5, 0.6) is 0 Å². The molecule has 1 aromatic heterocycles. The number of nitrogens with zero attached hydrogens (tertiary/aromatic N) is 3. The predicted molar refractivity (Wildman–Crippen MR) is 87.4 cm³/mol. The van der Waals surface area contributed by atoms with Crippen LogP contribution in [0.1, 0.15) is 19.3 Å². The van der Waals surface area contributed by atoms with E-state index in [1.807, 2.05) is 24.3 Å². The lowest BCUT2D eigenvalue weighted by molar-refractivity contribution is -0.127. The van der Waals surface area contributed by atoms with Crippen molar-refractivity contribution in [3.8, 4) is 0 Å². The zero-order chi connectivity index (χ0) is 16.4. The van der Waals surface area contributed by atoms with E-state index in [1.165, 1.54) is 17.6 Å². The van der Waals surface area contributed by atoms with Crippen LogP contribution in [0.4, 0.5) is 0 Å². The van der Waals surface area contributed by atoms with E-state index in [1.54, 1.807) is 0 Å². The number of carbonyl (C=O) groups is 1. The van der Waals surface area contributed by atoms with Crippen molar-refractivity contribution < 1.29 is 14.3 Å². The summed E-state index contributed by atoms with van der Waals surface area (Å²) < 4.78 is 11.5. The molecule has 1 N–H and O–H groups in total. The van der Waals surface area contributed by atoms with Gasteiger partial charge in [0, 0.05) is 13.2 Å². The number of benzene rings is 1. The third-order valence-electron chi connectivity index (χ3n) is 4.50. The molecule has 2 aliphatic rings. The van der Waals surface area contributed by atoms with E-state index in [0.717, 1.165) is 24.1 Å². The molecule has 2 heterocycles. The second-order valence-electron chi connectivity index (χ2n) is 6.57. The summed E-state index contributed by atoms with van der Waals surface area (Å²) in [4.78, 5) is 13.8. The second-order valence-corrected chi connectivity index (χ2v) is 6.57. The summed E-state index contributed by atoms with van der Waals surface area (Å²) in [6.45, 7) is 2.08. The molecule has 4 rings (SSSR count). The molecule has 0 radical (unpaired) electrons. The molecule has 7 nitrogen and oxygen atoms in total. The van der Waals surface area contributed by atoms with Crippen molar-refractivity contribution >= 4 is 16.9 Å². The van der Waals surface area contributed by atoms with Gasteiger partial charge in [0.25, 0.3) is 0 Å². The minimum atomic E-state index is -0.120. The fourth-order valence-electron chi connectivity index (χ4n) is 2.95. The lowest BCUT2D eigenvalue weighted by Gasteiger charge is -2.32. The van der Waals surface area contributed by atoms with Crippen molar-refractivity contribution in [2.75, 3.05) is 19.8 Å². The summed E-state index contributed by atoms with van der Waals surface area (Å²) in [5, 5.41) is 11.6. The SMILES string of the molecule is O=C(Cn1nc2ccccc2n1)N[C@@H]1COCC[C@@H]1OCC1CC1. The third kappa shape index (κ3) is 3.73. The average Bonchev–Trinajstić information content (AvgIpc) is 3.32. The molecular formula is C17H22N4O3. The quantitative estimate of drug-likeness (QED) is 0.859. The van der Waals surface area contributed by atoms with Gasteiger partial charge in [0.2, 0.25) is 5.91 Å². The Kier molecular flexibility index (Phi) is 4.44. The molecule has 2 fully saturated rings. The van der Waals surface area contributed by atoms with Crippen molar-refractivity contribution in [1.82, 2.24) is 20.3 Å². The maximum Gasteiger partial charge on any atom is 0.243 e. The Morgan fingerprint density at radius 3 is 2.71 bits per heavy atom. The Bertz CT molecular complexity index is 680. The first-order valence-electron chi connectivity index (χ1n) is 8.56. The molecule has 1 saturated carbocycles. The maximum atomic E-state index is 12.3. The Balaban J connectivity index is 1.34. The van der Waals surface area contributed by atoms with Gasteiger partial charge in [-0.1, -0.05) is 12.1 Å². The van der Waals surface area contributed by atoms with E-state index in [4.69, 9.17) is 9.47 Å². The smallest absolute Gasteiger partial charge is 0.243 e. The van der Waals surface area contributed by atoms with Crippen LogP contribution >= 0.6 is 0 Å². The van der Waals surface area contributed by atoms with Gasteiger partial charge in [0.05, 0.1) is 18.8 Å². The number of nitrogens with one attached hydrogen (secondary N) is 1. The zero-order valence-electron chi connectivity index (χ0n) is 13.6. The summed E-state index contributed by atoms with van der Waals surface area (Å²) in [5.74, 6) is 0.593. The van der Waals surface area contributed by atoms with Crippen LogP contribution in [0.15, 0.2) is 24.3 Å². The van der Waals surface area contributed by atoms with Crippen LogP contribution in [0.3, 0.4) is 0 Å². The van der Waals surface area contributed by atoms with Gasteiger partial charge in [-0.2, -0.15) is 15.0 Å². The van der Waals surface area contributed by atoms with Gasteiger partial charge >= 0.3 is 0 Å². The highest BCUT2D eigenvalue weighted by atomic mass is 16.5. The van der Waals surface area contributed by atoms with Gasteiger partial charge in [-0.05, 0) is 37.3 Å². The molecule has 1 aromatic carbocycles. The number of hydrogen-bond acceptors (Lipinski definition) is 5. The molecule has 1 saturated heterocycles. The highest BCUT2D eigenvalue weighted by molar-refractivity contribution is 5.77. The first kappa shape index (κ1) is 15.5. The van der Waals surface area contributed by atoms with Crippen molar-refractivity contribution in [2.45, 2.75) is 38.0 Å². The van der Waals surface area contributed by atoms with Gasteiger partial charge in [-0.3, -0.25) is 4.79 Å². The number of carbonyl (C=O) groups excluding carboxylic acids is 1. The first-order chi connectivity index (χ1) is 11.8. The molecule has 128 valence electrons. The van der Waals surface area contributed by atoms with Crippen molar-refractivity contribution in [2.24, 2.45) is 5.92 Å². The number of rotatable bonds is 6. The number of hydrogen-bond donors (Lipinski definition) is 1. The first-order valence-corrected chi connectivity index (χ1v) is 8.56. The zero-order valence-corrected chi connectivity index (χ0v) is 13.6. The average molecular weight is 330 g/mol. The van der Waals surface area contributed by atoms with Gasteiger partial charge in [0.1, 0.15) is 17.6 Å². The number of amides is 1. The second kappa shape index (κ2) is 6.86. The summed E-state index contributed by atoms with van der Waals surface area (Å²) >= 11 is 0. The summed E-state index contributed by atoms with van der Waals surface area (Å²) in [6.07, 6.45) is 3.38. The van der Waals surface area contributed by atoms with Gasteiger partial charge in [0.15, 0.2) is 0 Å². The summed E-state index contributed by atoms with van der Waals surface area (Å²) in [7, 11) is 0. The fourth-order valence-corrected chi connectivity index (χ4v) is 2.95. The molecule has 1 aliphatic heterocycles. The monoisotopic (exact) mass is 330 g/mol. The number of aromatic nitrogens is 3. The molecular weight excluding hydrogens is 308 g/mol. The molecule has 24 heavy (non-hydrogen) atoms. The highest BCUT2D eigenvalue weighted by Crippen LogP contribution is 2.30. The molecule has 2 atom stereocenters. The van der Waals surface area contributed by atoms with E-state index < -0.39 is 0 Å². The van der Waals surface area contributed by atoms with Gasteiger partial charge in [-0.15, -0.1) is 0 Å². The van der Waals surface area contributed by atoms with Gasteiger partial charge < -0.3 is 14.8 Å². The van der Waals surface area contributed by atoms with Crippen molar-refractivity contribution in [3.05, 3.63) is 24.3 Å². The van der Waals surface area contributed by atoms with E-state index >= 15 is 0 Å². The highest BCUT2D eigenvalue weighted by Gasteiger charge is 2.30. The lowest BCUT2D eigenvalue weighted by atomic mass is 10.1. The van der Waals surface area contributed by atoms with E-state index in [2.05, 4.69) is 15.5 Å². The van der Waals surface area contributed by atoms with E-state index in [9.17, 15) is 4.79 Å². The molecule has 0 bridgehead atoms. The standard InChI is InChI=1S/C17H22N4O3/c22-17(9-21-19-13-3-1-2-4-14(13)20-21)18-15-11-23-8-7-16(15)24-10-12-5-6-12/h1-4,12,15-16H,5-11H2,(H,18,22)/t15-,16+/m1/s1. The largest absolute Gasteiger partial charge is 0.379 e. The molecule has 1 aliphatic carbocycles. The Labute approximate surface area is 140 Å². The normalized spacial score (nSPS) is 24.2. The third-order valence-corrected chi connectivity index (χ3v) is 4.50. The molecule has 0 spiro atoms. The van der Waals surface area contributed by atoms with E-state index in [0.29, 0.717) is 19.1 Å². The number of ether oxygens (including phenoxy) is 2. The van der Waals surface area contributed by atoms with E-state index in [-0.39, 0.29) is 24.6 Å². The fraction of sp³-hybridized carbons (Fsp3) is 0.588. The molecule has 0 unspecified atom stereocenters. The van der Waals surface area contributed by atoms with Crippen LogP contribution in [-0.4, -0.2) is 52.9 Å². The van der Waals surface area contributed by atoms with Crippen molar-refractivity contribution in [3.63, 3.8) is 0 Å². The molecule has 1 amide bonds. The lowest BCUT2D eigenvalue weighted by Crippen LogP contribution is -2.51. The van der Waals surface area contributed by atoms with Crippen LogP contribution in [-0.2, 0) is 20.8 Å². The number of fused-ring (bicyclic) bond motifs is 1. The summed E-state index contributed by atoms with van der Waals surface area (Å²) in [5.41, 5.74) is 1.58. The minimum Gasteiger partial charge on any atom is -0.379 e. The topological polar surface area (TPSA) is 78.3 Å². The van der Waals surface area contributed by atoms with Crippen LogP contribution in [0, 0.1) is 5.92 Å². The van der Waals surface area contributed by atoms with Crippen LogP contribution in [0.2, 0.25) is 0 Å². The van der Waals surface area contributed by atoms with Crippen molar-refractivity contribution in [1.29, 1.82) is 0 Å². The minimum absolute atomic E-state index is 0.0351. The van der Waals surface area contributed by atoms with Gasteiger partial charge in [-0.25, -0.2) is 0 Å². The van der Waals surface area contributed by atoms with Crippen LogP contribution in [0.25, 0.3) is 11.0 Å². The Hall–Kier alpha value is -1.99. The molecule has 7 heteroatoms. The maximum absolute atomic E-state index is 12.3. The Morgan fingerprint density at radius 2 is 2.00 bits per heavy atom. The molecule has 2 aromatic rings. The summed E-state index contributed by atoms with van der Waals surface area (Å²) in [6, 6.07) is 7.47. The van der Waals surface area contributed by atoms with Crippen LogP contribution < -0.4 is 5.32 Å².